The second-order valence-corrected chi connectivity index (χ2v) is 6.86. The number of hydrogen-bond acceptors (Lipinski definition) is 7. The molecule has 3 aromatic heterocycles. The number of nitrogen functional groups attached to an aromatic ring is 1. The van der Waals surface area contributed by atoms with Gasteiger partial charge >= 0.3 is 0 Å². The van der Waals surface area contributed by atoms with Crippen LogP contribution < -0.4 is 15.8 Å². The van der Waals surface area contributed by atoms with Gasteiger partial charge in [0.2, 0.25) is 5.95 Å². The van der Waals surface area contributed by atoms with Crippen LogP contribution in [0, 0.1) is 6.92 Å². The molecule has 0 fully saturated rings. The summed E-state index contributed by atoms with van der Waals surface area (Å²) in [4.78, 5) is 13.6. The number of aryl methyl sites for hydroxylation is 1. The average molecular weight is 363 g/mol. The van der Waals surface area contributed by atoms with Crippen molar-refractivity contribution in [2.24, 2.45) is 0 Å². The van der Waals surface area contributed by atoms with Crippen molar-refractivity contribution in [3.63, 3.8) is 0 Å². The van der Waals surface area contributed by atoms with Crippen molar-refractivity contribution in [2.45, 2.75) is 6.92 Å². The summed E-state index contributed by atoms with van der Waals surface area (Å²) >= 11 is 1.70. The zero-order chi connectivity index (χ0) is 18.1. The Balaban J connectivity index is 1.72. The quantitative estimate of drug-likeness (QED) is 0.559. The van der Waals surface area contributed by atoms with Crippen LogP contribution >= 0.6 is 11.3 Å². The number of nitrogens with one attached hydrogen (secondary N) is 1. The maximum absolute atomic E-state index is 5.73. The van der Waals surface area contributed by atoms with Gasteiger partial charge < -0.3 is 15.8 Å². The molecule has 0 aliphatic carbocycles. The van der Waals surface area contributed by atoms with Crippen molar-refractivity contribution < 1.29 is 4.74 Å². The Morgan fingerprint density at radius 1 is 1.12 bits per heavy atom. The summed E-state index contributed by atoms with van der Waals surface area (Å²) in [5.41, 5.74) is 9.62. The highest BCUT2D eigenvalue weighted by molar-refractivity contribution is 7.22. The van der Waals surface area contributed by atoms with Crippen LogP contribution in [0.4, 0.5) is 17.3 Å². The van der Waals surface area contributed by atoms with Gasteiger partial charge in [0.1, 0.15) is 5.75 Å². The molecule has 0 saturated heterocycles. The maximum atomic E-state index is 5.73. The van der Waals surface area contributed by atoms with E-state index in [-0.39, 0.29) is 5.95 Å². The van der Waals surface area contributed by atoms with Gasteiger partial charge in [-0.2, -0.15) is 0 Å². The molecule has 7 heteroatoms. The van der Waals surface area contributed by atoms with Gasteiger partial charge in [0, 0.05) is 22.7 Å². The van der Waals surface area contributed by atoms with Crippen LogP contribution in [0.2, 0.25) is 0 Å². The number of hydrogen-bond donors (Lipinski definition) is 2. The summed E-state index contributed by atoms with van der Waals surface area (Å²) in [7, 11) is 1.63. The molecule has 3 heterocycles. The van der Waals surface area contributed by atoms with E-state index < -0.39 is 0 Å². The molecule has 26 heavy (non-hydrogen) atoms. The number of aromatic nitrogens is 3. The Bertz CT molecular complexity index is 1090. The van der Waals surface area contributed by atoms with Crippen LogP contribution in [0.15, 0.2) is 48.9 Å². The molecule has 4 aromatic rings. The minimum absolute atomic E-state index is 0.284. The summed E-state index contributed by atoms with van der Waals surface area (Å²) in [5, 5.41) is 4.56. The minimum Gasteiger partial charge on any atom is -0.495 e. The zero-order valence-corrected chi connectivity index (χ0v) is 15.2. The summed E-state index contributed by atoms with van der Waals surface area (Å²) in [5.74, 6) is 0.999. The van der Waals surface area contributed by atoms with Crippen molar-refractivity contribution in [2.75, 3.05) is 18.2 Å². The number of pyridine rings is 1. The number of anilines is 3. The van der Waals surface area contributed by atoms with Gasteiger partial charge in [-0.1, -0.05) is 0 Å². The predicted molar refractivity (Wildman–Crippen MR) is 106 cm³/mol. The van der Waals surface area contributed by atoms with Gasteiger partial charge in [0.05, 0.1) is 35.8 Å². The average Bonchev–Trinajstić information content (AvgIpc) is 2.98. The van der Waals surface area contributed by atoms with E-state index in [9.17, 15) is 0 Å². The molecule has 0 amide bonds. The lowest BCUT2D eigenvalue weighted by atomic mass is 10.1. The Kier molecular flexibility index (Phi) is 4.14. The van der Waals surface area contributed by atoms with E-state index >= 15 is 0 Å². The molecule has 0 aliphatic heterocycles. The third-order valence-electron chi connectivity index (χ3n) is 4.08. The fourth-order valence-electron chi connectivity index (χ4n) is 2.81. The highest BCUT2D eigenvalue weighted by Gasteiger charge is 2.12. The van der Waals surface area contributed by atoms with Crippen LogP contribution in [-0.2, 0) is 0 Å². The predicted octanol–water partition coefficient (Wildman–Crippen LogP) is 4.40. The monoisotopic (exact) mass is 363 g/mol. The fraction of sp³-hybridized carbons (Fsp3) is 0.105. The van der Waals surface area contributed by atoms with Gasteiger partial charge in [0.25, 0.3) is 0 Å². The minimum atomic E-state index is 0.284. The molecule has 0 unspecified atom stereocenters. The zero-order valence-electron chi connectivity index (χ0n) is 14.4. The molecule has 0 bridgehead atoms. The van der Waals surface area contributed by atoms with Gasteiger partial charge in [0.15, 0.2) is 0 Å². The van der Waals surface area contributed by atoms with E-state index in [1.165, 1.54) is 15.6 Å². The summed E-state index contributed by atoms with van der Waals surface area (Å²) in [6, 6.07) is 10.1. The Morgan fingerprint density at radius 3 is 2.81 bits per heavy atom. The molecule has 0 atom stereocenters. The molecular weight excluding hydrogens is 346 g/mol. The van der Waals surface area contributed by atoms with E-state index in [1.54, 1.807) is 37.0 Å². The lowest BCUT2D eigenvalue weighted by Crippen LogP contribution is -1.94. The lowest BCUT2D eigenvalue weighted by Gasteiger charge is -2.08. The molecule has 4 rings (SSSR count). The molecule has 0 aliphatic rings. The Morgan fingerprint density at radius 2 is 2.00 bits per heavy atom. The maximum Gasteiger partial charge on any atom is 0.220 e. The standard InChI is InChI=1S/C19H17N5OS/c1-11-15-8-12(23-13-7-14(25-2)10-21-9-13)3-4-17(15)26-18(11)16-5-6-22-19(20)24-16/h3-10,23H,1-2H3,(H2,20,22,24). The van der Waals surface area contributed by atoms with Gasteiger partial charge in [-0.05, 0) is 42.1 Å². The second kappa shape index (κ2) is 6.61. The van der Waals surface area contributed by atoms with Crippen molar-refractivity contribution in [1.82, 2.24) is 15.0 Å². The number of rotatable bonds is 4. The van der Waals surface area contributed by atoms with Crippen molar-refractivity contribution in [1.29, 1.82) is 0 Å². The topological polar surface area (TPSA) is 86.0 Å². The highest BCUT2D eigenvalue weighted by Crippen LogP contribution is 2.38. The van der Waals surface area contributed by atoms with E-state index in [4.69, 9.17) is 10.5 Å². The third kappa shape index (κ3) is 3.04. The molecule has 0 radical (unpaired) electrons. The van der Waals surface area contributed by atoms with Crippen molar-refractivity contribution in [3.8, 4) is 16.3 Å². The smallest absolute Gasteiger partial charge is 0.220 e. The molecule has 0 spiro atoms. The van der Waals surface area contributed by atoms with Crippen LogP contribution in [0.5, 0.6) is 5.75 Å². The van der Waals surface area contributed by atoms with E-state index in [2.05, 4.69) is 45.4 Å². The first-order chi connectivity index (χ1) is 12.6. The first-order valence-electron chi connectivity index (χ1n) is 8.02. The molecular formula is C19H17N5OS. The highest BCUT2D eigenvalue weighted by atomic mass is 32.1. The fourth-order valence-corrected chi connectivity index (χ4v) is 3.97. The number of ether oxygens (including phenoxy) is 1. The number of nitrogens with zero attached hydrogens (tertiary/aromatic N) is 3. The number of thiophene rings is 1. The molecule has 1 aromatic carbocycles. The number of benzene rings is 1. The molecule has 6 nitrogen and oxygen atoms in total. The van der Waals surface area contributed by atoms with E-state index in [0.717, 1.165) is 21.9 Å². The Hall–Kier alpha value is -3.19. The molecule has 3 N–H and O–H groups in total. The SMILES string of the molecule is COc1cncc(Nc2ccc3sc(-c4ccnc(N)n4)c(C)c3c2)c1. The van der Waals surface area contributed by atoms with Crippen LogP contribution in [0.25, 0.3) is 20.7 Å². The third-order valence-corrected chi connectivity index (χ3v) is 5.38. The summed E-state index contributed by atoms with van der Waals surface area (Å²) in [6.45, 7) is 2.10. The van der Waals surface area contributed by atoms with Gasteiger partial charge in [-0.25, -0.2) is 9.97 Å². The number of methoxy groups -OCH3 is 1. The van der Waals surface area contributed by atoms with Crippen LogP contribution in [0.3, 0.4) is 0 Å². The first-order valence-corrected chi connectivity index (χ1v) is 8.84. The normalized spacial score (nSPS) is 10.8. The van der Waals surface area contributed by atoms with Crippen molar-refractivity contribution >= 4 is 38.7 Å². The van der Waals surface area contributed by atoms with Crippen LogP contribution in [0.1, 0.15) is 5.56 Å². The van der Waals surface area contributed by atoms with Crippen LogP contribution in [-0.4, -0.2) is 22.1 Å². The van der Waals surface area contributed by atoms with Crippen molar-refractivity contribution in [3.05, 3.63) is 54.5 Å². The molecule has 130 valence electrons. The summed E-state index contributed by atoms with van der Waals surface area (Å²) in [6.07, 6.45) is 5.13. The molecule has 0 saturated carbocycles. The number of fused-ring (bicyclic) bond motifs is 1. The lowest BCUT2D eigenvalue weighted by molar-refractivity contribution is 0.413. The second-order valence-electron chi connectivity index (χ2n) is 5.81. The number of nitrogens with two attached hydrogens (primary N) is 1. The van der Waals surface area contributed by atoms with E-state index in [0.29, 0.717) is 5.75 Å². The summed E-state index contributed by atoms with van der Waals surface area (Å²) < 4.78 is 6.42. The van der Waals surface area contributed by atoms with E-state index in [1.807, 2.05) is 12.1 Å². The van der Waals surface area contributed by atoms with Gasteiger partial charge in [-0.15, -0.1) is 11.3 Å². The first kappa shape index (κ1) is 16.3. The Labute approximate surface area is 154 Å². The largest absolute Gasteiger partial charge is 0.495 e. The van der Waals surface area contributed by atoms with Gasteiger partial charge in [-0.3, -0.25) is 4.98 Å².